The number of pyridine rings is 1. The molecule has 0 saturated heterocycles. The van der Waals surface area contributed by atoms with Crippen molar-refractivity contribution in [1.82, 2.24) is 4.98 Å². The first kappa shape index (κ1) is 16.6. The van der Waals surface area contributed by atoms with Gasteiger partial charge in [-0.05, 0) is 49.8 Å². The fourth-order valence-corrected chi connectivity index (χ4v) is 2.75. The van der Waals surface area contributed by atoms with Gasteiger partial charge >= 0.3 is 6.36 Å². The molecular weight excluding hydrogens is 343 g/mol. The molecule has 1 aromatic carbocycles. The van der Waals surface area contributed by atoms with E-state index in [0.717, 1.165) is 0 Å². The normalized spacial score (nSPS) is 16.0. The van der Waals surface area contributed by atoms with Crippen LogP contribution in [0.25, 0.3) is 5.57 Å². The van der Waals surface area contributed by atoms with Crippen LogP contribution in [0, 0.1) is 0 Å². The van der Waals surface area contributed by atoms with Crippen molar-refractivity contribution in [1.29, 1.82) is 0 Å². The molecule has 2 heterocycles. The molecule has 7 heteroatoms. The lowest BCUT2D eigenvalue weighted by atomic mass is 9.90. The van der Waals surface area contributed by atoms with E-state index in [2.05, 4.69) is 9.72 Å². The number of benzene rings is 1. The highest BCUT2D eigenvalue weighted by atomic mass is 35.5. The Morgan fingerprint density at radius 2 is 1.92 bits per heavy atom. The average Bonchev–Trinajstić information content (AvgIpc) is 2.45. The van der Waals surface area contributed by atoms with Gasteiger partial charge in [0.25, 0.3) is 0 Å². The molecule has 3 rings (SSSR count). The maximum Gasteiger partial charge on any atom is 0.573 e. The van der Waals surface area contributed by atoms with Crippen LogP contribution in [-0.4, -0.2) is 16.9 Å². The smallest absolute Gasteiger partial charge is 0.483 e. The number of rotatable bonds is 2. The van der Waals surface area contributed by atoms with Gasteiger partial charge in [0.05, 0.1) is 5.02 Å². The molecule has 0 unspecified atom stereocenters. The maximum absolute atomic E-state index is 12.5. The Bertz CT molecular complexity index is 816. The van der Waals surface area contributed by atoms with Crippen LogP contribution in [0.4, 0.5) is 13.2 Å². The van der Waals surface area contributed by atoms with Crippen LogP contribution in [0.2, 0.25) is 5.02 Å². The van der Waals surface area contributed by atoms with Crippen LogP contribution in [0.3, 0.4) is 0 Å². The Kier molecular flexibility index (Phi) is 3.95. The van der Waals surface area contributed by atoms with E-state index in [1.165, 1.54) is 18.2 Å². The summed E-state index contributed by atoms with van der Waals surface area (Å²) < 4.78 is 47.3. The number of halogens is 4. The van der Waals surface area contributed by atoms with Gasteiger partial charge in [-0.15, -0.1) is 13.2 Å². The molecular formula is C17H13ClF3NO2. The Hall–Kier alpha value is -2.21. The lowest BCUT2D eigenvalue weighted by Gasteiger charge is -2.31. The standard InChI is InChI=1S/C17H13ClF3NO2/c1-16(2)8-12(13-9-22-6-5-14(13)18)11-7-10(23-17(19,20)21)3-4-15(11)24-16/h3-9H,1-2H3. The first-order valence-electron chi connectivity index (χ1n) is 7.06. The molecule has 24 heavy (non-hydrogen) atoms. The molecule has 0 atom stereocenters. The zero-order valence-corrected chi connectivity index (χ0v) is 13.6. The summed E-state index contributed by atoms with van der Waals surface area (Å²) in [5.74, 6) is 0.127. The molecule has 3 nitrogen and oxygen atoms in total. The predicted octanol–water partition coefficient (Wildman–Crippen LogP) is 5.24. The number of fused-ring (bicyclic) bond motifs is 1. The van der Waals surface area contributed by atoms with E-state index in [0.29, 0.717) is 27.5 Å². The Morgan fingerprint density at radius 1 is 1.17 bits per heavy atom. The summed E-state index contributed by atoms with van der Waals surface area (Å²) in [6.45, 7) is 3.70. The largest absolute Gasteiger partial charge is 0.573 e. The van der Waals surface area contributed by atoms with Gasteiger partial charge in [-0.25, -0.2) is 0 Å². The average molecular weight is 356 g/mol. The van der Waals surface area contributed by atoms with Gasteiger partial charge in [0.2, 0.25) is 0 Å². The highest BCUT2D eigenvalue weighted by molar-refractivity contribution is 6.32. The van der Waals surface area contributed by atoms with Crippen LogP contribution in [0.15, 0.2) is 42.7 Å². The second-order valence-corrected chi connectivity index (χ2v) is 6.23. The maximum atomic E-state index is 12.5. The predicted molar refractivity (Wildman–Crippen MR) is 84.2 cm³/mol. The molecule has 0 radical (unpaired) electrons. The summed E-state index contributed by atoms with van der Waals surface area (Å²) >= 11 is 6.23. The van der Waals surface area contributed by atoms with Crippen molar-refractivity contribution in [2.75, 3.05) is 0 Å². The van der Waals surface area contributed by atoms with Crippen molar-refractivity contribution in [3.8, 4) is 11.5 Å². The first-order chi connectivity index (χ1) is 11.1. The second kappa shape index (κ2) is 5.70. The van der Waals surface area contributed by atoms with Gasteiger partial charge in [0, 0.05) is 23.5 Å². The molecule has 126 valence electrons. The third kappa shape index (κ3) is 3.48. The molecule has 0 amide bonds. The van der Waals surface area contributed by atoms with Gasteiger partial charge in [-0.2, -0.15) is 0 Å². The topological polar surface area (TPSA) is 31.4 Å². The molecule has 1 aromatic heterocycles. The summed E-state index contributed by atoms with van der Waals surface area (Å²) in [6.07, 6.45) is 0.145. The third-order valence-electron chi connectivity index (χ3n) is 3.40. The van der Waals surface area contributed by atoms with E-state index in [9.17, 15) is 13.2 Å². The van der Waals surface area contributed by atoms with Gasteiger partial charge in [0.15, 0.2) is 0 Å². The fraction of sp³-hybridized carbons (Fsp3) is 0.235. The van der Waals surface area contributed by atoms with Crippen LogP contribution >= 0.6 is 11.6 Å². The van der Waals surface area contributed by atoms with Crippen molar-refractivity contribution in [3.63, 3.8) is 0 Å². The summed E-state index contributed by atoms with van der Waals surface area (Å²) in [5, 5.41) is 0.446. The van der Waals surface area contributed by atoms with Crippen LogP contribution in [0.1, 0.15) is 25.0 Å². The van der Waals surface area contributed by atoms with Crippen molar-refractivity contribution >= 4 is 17.2 Å². The van der Waals surface area contributed by atoms with E-state index < -0.39 is 12.0 Å². The molecule has 0 saturated carbocycles. The van der Waals surface area contributed by atoms with Crippen LogP contribution in [-0.2, 0) is 0 Å². The summed E-state index contributed by atoms with van der Waals surface area (Å²) in [5.41, 5.74) is 1.08. The molecule has 1 aliphatic rings. The van der Waals surface area contributed by atoms with Gasteiger partial charge in [0.1, 0.15) is 17.1 Å². The lowest BCUT2D eigenvalue weighted by molar-refractivity contribution is -0.274. The molecule has 0 aliphatic carbocycles. The lowest BCUT2D eigenvalue weighted by Crippen LogP contribution is -2.29. The number of alkyl halides is 3. The molecule has 0 fully saturated rings. The highest BCUT2D eigenvalue weighted by Crippen LogP contribution is 2.43. The second-order valence-electron chi connectivity index (χ2n) is 5.82. The Balaban J connectivity index is 2.14. The van der Waals surface area contributed by atoms with Crippen LogP contribution < -0.4 is 9.47 Å². The molecule has 0 bridgehead atoms. The summed E-state index contributed by atoms with van der Waals surface area (Å²) in [7, 11) is 0. The quantitative estimate of drug-likeness (QED) is 0.738. The third-order valence-corrected chi connectivity index (χ3v) is 3.73. The minimum absolute atomic E-state index is 0.324. The SMILES string of the molecule is CC1(C)C=C(c2cnccc2Cl)c2cc(OC(F)(F)F)ccc2O1. The first-order valence-corrected chi connectivity index (χ1v) is 7.44. The molecule has 0 N–H and O–H groups in total. The van der Waals surface area contributed by atoms with Crippen molar-refractivity contribution < 1.29 is 22.6 Å². The minimum atomic E-state index is -4.77. The van der Waals surface area contributed by atoms with Gasteiger partial charge in [-0.3, -0.25) is 4.98 Å². The van der Waals surface area contributed by atoms with E-state index in [1.807, 2.05) is 13.8 Å². The van der Waals surface area contributed by atoms with Gasteiger partial charge < -0.3 is 9.47 Å². The number of aromatic nitrogens is 1. The number of nitrogens with zero attached hydrogens (tertiary/aromatic N) is 1. The van der Waals surface area contributed by atoms with Crippen LogP contribution in [0.5, 0.6) is 11.5 Å². The van der Waals surface area contributed by atoms with Crippen molar-refractivity contribution in [2.45, 2.75) is 25.8 Å². The zero-order chi connectivity index (χ0) is 17.5. The minimum Gasteiger partial charge on any atom is -0.483 e. The number of hydrogen-bond donors (Lipinski definition) is 0. The monoisotopic (exact) mass is 355 g/mol. The van der Waals surface area contributed by atoms with E-state index in [-0.39, 0.29) is 5.75 Å². The van der Waals surface area contributed by atoms with E-state index in [4.69, 9.17) is 16.3 Å². The Morgan fingerprint density at radius 3 is 2.58 bits per heavy atom. The van der Waals surface area contributed by atoms with Gasteiger partial charge in [-0.1, -0.05) is 11.6 Å². The molecule has 1 aliphatic heterocycles. The summed E-state index contributed by atoms with van der Waals surface area (Å²) in [6, 6.07) is 5.58. The zero-order valence-electron chi connectivity index (χ0n) is 12.8. The molecule has 2 aromatic rings. The van der Waals surface area contributed by atoms with E-state index >= 15 is 0 Å². The van der Waals surface area contributed by atoms with E-state index in [1.54, 1.807) is 24.5 Å². The molecule has 0 spiro atoms. The number of hydrogen-bond acceptors (Lipinski definition) is 3. The Labute approximate surface area is 141 Å². The highest BCUT2D eigenvalue weighted by Gasteiger charge is 2.33. The summed E-state index contributed by atoms with van der Waals surface area (Å²) in [4.78, 5) is 4.05. The van der Waals surface area contributed by atoms with Crippen molar-refractivity contribution in [3.05, 3.63) is 58.9 Å². The fourth-order valence-electron chi connectivity index (χ4n) is 2.54. The number of ether oxygens (including phenoxy) is 2. The van der Waals surface area contributed by atoms with Crippen molar-refractivity contribution in [2.24, 2.45) is 0 Å².